The highest BCUT2D eigenvalue weighted by molar-refractivity contribution is 9.10. The molecule has 0 unspecified atom stereocenters. The van der Waals surface area contributed by atoms with Gasteiger partial charge in [0.25, 0.3) is 0 Å². The number of hydrogen-bond acceptors (Lipinski definition) is 4. The predicted octanol–water partition coefficient (Wildman–Crippen LogP) is 5.78. The Kier molecular flexibility index (Phi) is 5.40. The van der Waals surface area contributed by atoms with E-state index in [0.717, 1.165) is 21.6 Å². The van der Waals surface area contributed by atoms with Gasteiger partial charge < -0.3 is 4.42 Å². The summed E-state index contributed by atoms with van der Waals surface area (Å²) in [6, 6.07) is 18.7. The molecule has 4 nitrogen and oxygen atoms in total. The van der Waals surface area contributed by atoms with Gasteiger partial charge in [-0.3, -0.25) is 4.57 Å². The summed E-state index contributed by atoms with van der Waals surface area (Å²) >= 11 is 4.73. The molecule has 0 atom stereocenters. The van der Waals surface area contributed by atoms with Crippen LogP contribution in [0.25, 0.3) is 11.4 Å². The first-order valence-corrected chi connectivity index (χ1v) is 10.1. The lowest BCUT2D eigenvalue weighted by Gasteiger charge is -2.09. The standard InChI is InChI=1S/C20H15BrFN3OS/c21-16-9-8-15(18(22)11-16)13-27-20-24-23-19(14-5-2-1-3-6-14)25(20)12-17-7-4-10-26-17/h1-11H,12-13H2. The molecular formula is C20H15BrFN3OS. The summed E-state index contributed by atoms with van der Waals surface area (Å²) in [5.74, 6) is 1.79. The number of aromatic nitrogens is 3. The average Bonchev–Trinajstić information content (AvgIpc) is 3.32. The number of nitrogens with zero attached hydrogens (tertiary/aromatic N) is 3. The molecule has 0 aliphatic heterocycles. The Morgan fingerprint density at radius 3 is 2.63 bits per heavy atom. The van der Waals surface area contributed by atoms with E-state index in [0.29, 0.717) is 23.0 Å². The summed E-state index contributed by atoms with van der Waals surface area (Å²) in [6.07, 6.45) is 1.64. The van der Waals surface area contributed by atoms with E-state index in [1.807, 2.05) is 53.1 Å². The van der Waals surface area contributed by atoms with Crippen molar-refractivity contribution in [3.8, 4) is 11.4 Å². The molecule has 0 aliphatic rings. The fourth-order valence-electron chi connectivity index (χ4n) is 2.68. The second-order valence-corrected chi connectivity index (χ2v) is 7.72. The van der Waals surface area contributed by atoms with Crippen LogP contribution in [0.4, 0.5) is 4.39 Å². The highest BCUT2D eigenvalue weighted by atomic mass is 79.9. The fourth-order valence-corrected chi connectivity index (χ4v) is 3.94. The van der Waals surface area contributed by atoms with Gasteiger partial charge in [0.15, 0.2) is 11.0 Å². The molecule has 2 heterocycles. The van der Waals surface area contributed by atoms with Gasteiger partial charge in [-0.1, -0.05) is 64.1 Å². The Morgan fingerprint density at radius 1 is 1.04 bits per heavy atom. The molecule has 0 radical (unpaired) electrons. The third kappa shape index (κ3) is 4.14. The number of benzene rings is 2. The molecule has 0 saturated heterocycles. The van der Waals surface area contributed by atoms with E-state index in [-0.39, 0.29) is 5.82 Å². The van der Waals surface area contributed by atoms with Crippen LogP contribution in [-0.2, 0) is 12.3 Å². The first-order chi connectivity index (χ1) is 13.2. The third-order valence-electron chi connectivity index (χ3n) is 4.01. The van der Waals surface area contributed by atoms with Crippen molar-refractivity contribution in [2.24, 2.45) is 0 Å². The van der Waals surface area contributed by atoms with Crippen LogP contribution in [0, 0.1) is 5.82 Å². The molecule has 4 aromatic rings. The molecule has 0 spiro atoms. The summed E-state index contributed by atoms with van der Waals surface area (Å²) in [7, 11) is 0. The molecule has 4 rings (SSSR count). The van der Waals surface area contributed by atoms with Gasteiger partial charge in [-0.2, -0.15) is 0 Å². The minimum Gasteiger partial charge on any atom is -0.467 e. The van der Waals surface area contributed by atoms with Crippen LogP contribution in [0.15, 0.2) is 81.0 Å². The largest absolute Gasteiger partial charge is 0.467 e. The molecule has 7 heteroatoms. The van der Waals surface area contributed by atoms with Crippen molar-refractivity contribution >= 4 is 27.7 Å². The molecule has 0 bridgehead atoms. The monoisotopic (exact) mass is 443 g/mol. The van der Waals surface area contributed by atoms with E-state index >= 15 is 0 Å². The fraction of sp³-hybridized carbons (Fsp3) is 0.100. The van der Waals surface area contributed by atoms with Crippen molar-refractivity contribution in [2.45, 2.75) is 17.5 Å². The SMILES string of the molecule is Fc1cc(Br)ccc1CSc1nnc(-c2ccccc2)n1Cc1ccco1. The molecule has 136 valence electrons. The lowest BCUT2D eigenvalue weighted by atomic mass is 10.2. The van der Waals surface area contributed by atoms with Crippen molar-refractivity contribution in [3.63, 3.8) is 0 Å². The van der Waals surface area contributed by atoms with Crippen molar-refractivity contribution < 1.29 is 8.81 Å². The van der Waals surface area contributed by atoms with E-state index in [1.54, 1.807) is 12.3 Å². The van der Waals surface area contributed by atoms with Crippen molar-refractivity contribution in [1.29, 1.82) is 0 Å². The number of furan rings is 1. The lowest BCUT2D eigenvalue weighted by molar-refractivity contribution is 0.485. The van der Waals surface area contributed by atoms with Gasteiger partial charge in [0.05, 0.1) is 12.8 Å². The third-order valence-corrected chi connectivity index (χ3v) is 5.52. The van der Waals surface area contributed by atoms with E-state index in [2.05, 4.69) is 26.1 Å². The molecule has 27 heavy (non-hydrogen) atoms. The zero-order chi connectivity index (χ0) is 18.6. The second-order valence-electron chi connectivity index (χ2n) is 5.86. The van der Waals surface area contributed by atoms with Crippen LogP contribution >= 0.6 is 27.7 Å². The van der Waals surface area contributed by atoms with Gasteiger partial charge in [-0.25, -0.2) is 4.39 Å². The van der Waals surface area contributed by atoms with Gasteiger partial charge >= 0.3 is 0 Å². The minimum atomic E-state index is -0.239. The van der Waals surface area contributed by atoms with Gasteiger partial charge in [-0.05, 0) is 29.8 Å². The normalized spacial score (nSPS) is 11.0. The van der Waals surface area contributed by atoms with Crippen molar-refractivity contribution in [1.82, 2.24) is 14.8 Å². The zero-order valence-corrected chi connectivity index (χ0v) is 16.6. The molecule has 0 amide bonds. The number of rotatable bonds is 6. The topological polar surface area (TPSA) is 43.9 Å². The summed E-state index contributed by atoms with van der Waals surface area (Å²) in [5.41, 5.74) is 1.59. The maximum Gasteiger partial charge on any atom is 0.192 e. The summed E-state index contributed by atoms with van der Waals surface area (Å²) in [6.45, 7) is 0.509. The van der Waals surface area contributed by atoms with Gasteiger partial charge in [-0.15, -0.1) is 10.2 Å². The Bertz CT molecular complexity index is 1030. The first-order valence-electron chi connectivity index (χ1n) is 8.28. The summed E-state index contributed by atoms with van der Waals surface area (Å²) in [5, 5.41) is 9.42. The molecule has 0 saturated carbocycles. The Hall–Kier alpha value is -2.38. The molecule has 0 fully saturated rings. The maximum atomic E-state index is 14.1. The Labute approximate surface area is 168 Å². The first kappa shape index (κ1) is 18.0. The summed E-state index contributed by atoms with van der Waals surface area (Å²) in [4.78, 5) is 0. The van der Waals surface area contributed by atoms with Crippen LogP contribution < -0.4 is 0 Å². The predicted molar refractivity (Wildman–Crippen MR) is 107 cm³/mol. The number of hydrogen-bond donors (Lipinski definition) is 0. The van der Waals surface area contributed by atoms with Crippen LogP contribution in [0.3, 0.4) is 0 Å². The molecule has 0 aliphatic carbocycles. The summed E-state index contributed by atoms with van der Waals surface area (Å²) < 4.78 is 22.3. The van der Waals surface area contributed by atoms with E-state index in [9.17, 15) is 4.39 Å². The van der Waals surface area contributed by atoms with Crippen molar-refractivity contribution in [2.75, 3.05) is 0 Å². The van der Waals surface area contributed by atoms with Gasteiger partial charge in [0.2, 0.25) is 0 Å². The van der Waals surface area contributed by atoms with Crippen LogP contribution in [0.5, 0.6) is 0 Å². The Morgan fingerprint density at radius 2 is 1.89 bits per heavy atom. The van der Waals surface area contributed by atoms with Crippen LogP contribution in [0.2, 0.25) is 0 Å². The quantitative estimate of drug-likeness (QED) is 0.354. The molecular weight excluding hydrogens is 429 g/mol. The minimum absolute atomic E-state index is 0.239. The molecule has 0 N–H and O–H groups in total. The number of thioether (sulfide) groups is 1. The molecule has 2 aromatic carbocycles. The smallest absolute Gasteiger partial charge is 0.192 e. The zero-order valence-electron chi connectivity index (χ0n) is 14.2. The number of halogens is 2. The van der Waals surface area contributed by atoms with E-state index in [4.69, 9.17) is 4.42 Å². The van der Waals surface area contributed by atoms with Crippen LogP contribution in [0.1, 0.15) is 11.3 Å². The van der Waals surface area contributed by atoms with Gasteiger partial charge in [0, 0.05) is 15.8 Å². The van der Waals surface area contributed by atoms with E-state index < -0.39 is 0 Å². The maximum absolute atomic E-state index is 14.1. The second kappa shape index (κ2) is 8.10. The van der Waals surface area contributed by atoms with Crippen LogP contribution in [-0.4, -0.2) is 14.8 Å². The lowest BCUT2D eigenvalue weighted by Crippen LogP contribution is -2.03. The highest BCUT2D eigenvalue weighted by Gasteiger charge is 2.16. The highest BCUT2D eigenvalue weighted by Crippen LogP contribution is 2.28. The Balaban J connectivity index is 1.64. The van der Waals surface area contributed by atoms with E-state index in [1.165, 1.54) is 17.8 Å². The van der Waals surface area contributed by atoms with Gasteiger partial charge in [0.1, 0.15) is 11.6 Å². The average molecular weight is 444 g/mol. The van der Waals surface area contributed by atoms with Crippen molar-refractivity contribution in [3.05, 3.63) is 88.5 Å². The molecule has 2 aromatic heterocycles.